The highest BCUT2D eigenvalue weighted by Crippen LogP contribution is 2.19. The first-order chi connectivity index (χ1) is 6.52. The van der Waals surface area contributed by atoms with Gasteiger partial charge in [-0.05, 0) is 26.3 Å². The van der Waals surface area contributed by atoms with Crippen LogP contribution in [-0.2, 0) is 0 Å². The second-order valence-electron chi connectivity index (χ2n) is 3.75. The van der Waals surface area contributed by atoms with Crippen molar-refractivity contribution in [1.29, 1.82) is 0 Å². The van der Waals surface area contributed by atoms with Crippen molar-refractivity contribution in [1.82, 2.24) is 0 Å². The van der Waals surface area contributed by atoms with Gasteiger partial charge in [0, 0.05) is 5.56 Å². The van der Waals surface area contributed by atoms with Crippen LogP contribution in [0.5, 0.6) is 0 Å². The predicted molar refractivity (Wildman–Crippen MR) is 57.5 cm³/mol. The first kappa shape index (κ1) is 10.9. The van der Waals surface area contributed by atoms with Crippen molar-refractivity contribution in [2.24, 2.45) is 5.73 Å². The molecule has 0 aliphatic rings. The Labute approximate surface area is 84.4 Å². The van der Waals surface area contributed by atoms with Crippen LogP contribution in [0, 0.1) is 12.7 Å². The van der Waals surface area contributed by atoms with Gasteiger partial charge in [0.1, 0.15) is 5.82 Å². The summed E-state index contributed by atoms with van der Waals surface area (Å²) in [5.74, 6) is -0.197. The molecule has 76 valence electrons. The fraction of sp³-hybridized carbons (Fsp3) is 0.333. The predicted octanol–water partition coefficient (Wildman–Crippen LogP) is 3.10. The van der Waals surface area contributed by atoms with Gasteiger partial charge in [-0.1, -0.05) is 29.8 Å². The van der Waals surface area contributed by atoms with E-state index in [1.807, 2.05) is 26.0 Å². The standard InChI is InChI=1S/C12H16FN/c1-8(2)7-11(14)10-6-4-5-9(3)12(10)13/h4-7,11H,14H2,1-3H3. The number of allylic oxidation sites excluding steroid dienone is 1. The van der Waals surface area contributed by atoms with Crippen LogP contribution in [0.4, 0.5) is 4.39 Å². The molecular formula is C12H16FN. The molecule has 1 aromatic rings. The maximum absolute atomic E-state index is 13.6. The minimum absolute atomic E-state index is 0.197. The molecule has 0 heterocycles. The molecule has 0 saturated carbocycles. The van der Waals surface area contributed by atoms with E-state index in [0.29, 0.717) is 11.1 Å². The summed E-state index contributed by atoms with van der Waals surface area (Å²) in [5, 5.41) is 0. The number of halogens is 1. The van der Waals surface area contributed by atoms with Crippen LogP contribution in [0.25, 0.3) is 0 Å². The number of hydrogen-bond acceptors (Lipinski definition) is 1. The van der Waals surface area contributed by atoms with Crippen LogP contribution in [0.1, 0.15) is 31.0 Å². The lowest BCUT2D eigenvalue weighted by atomic mass is 10.0. The SMILES string of the molecule is CC(C)=CC(N)c1cccc(C)c1F. The summed E-state index contributed by atoms with van der Waals surface area (Å²) in [6.07, 6.45) is 1.86. The van der Waals surface area contributed by atoms with Gasteiger partial charge in [-0.3, -0.25) is 0 Å². The second kappa shape index (κ2) is 4.38. The van der Waals surface area contributed by atoms with Crippen molar-refractivity contribution >= 4 is 0 Å². The summed E-state index contributed by atoms with van der Waals surface area (Å²) in [5.41, 5.74) is 8.15. The monoisotopic (exact) mass is 193 g/mol. The van der Waals surface area contributed by atoms with Crippen molar-refractivity contribution < 1.29 is 4.39 Å². The normalized spacial score (nSPS) is 12.4. The van der Waals surface area contributed by atoms with E-state index in [1.165, 1.54) is 0 Å². The Morgan fingerprint density at radius 1 is 1.43 bits per heavy atom. The fourth-order valence-electron chi connectivity index (χ4n) is 1.38. The zero-order valence-electron chi connectivity index (χ0n) is 8.84. The first-order valence-corrected chi connectivity index (χ1v) is 4.68. The maximum atomic E-state index is 13.6. The smallest absolute Gasteiger partial charge is 0.131 e. The Hall–Kier alpha value is -1.15. The van der Waals surface area contributed by atoms with Crippen LogP contribution in [-0.4, -0.2) is 0 Å². The highest BCUT2D eigenvalue weighted by molar-refractivity contribution is 5.30. The Morgan fingerprint density at radius 2 is 2.07 bits per heavy atom. The van der Waals surface area contributed by atoms with Crippen LogP contribution in [0.15, 0.2) is 29.8 Å². The third-order valence-electron chi connectivity index (χ3n) is 2.09. The highest BCUT2D eigenvalue weighted by Gasteiger charge is 2.09. The lowest BCUT2D eigenvalue weighted by Gasteiger charge is -2.10. The number of nitrogens with two attached hydrogens (primary N) is 1. The van der Waals surface area contributed by atoms with Gasteiger partial charge in [-0.15, -0.1) is 0 Å². The molecule has 1 rings (SSSR count). The third kappa shape index (κ3) is 2.42. The molecule has 0 amide bonds. The van der Waals surface area contributed by atoms with Crippen molar-refractivity contribution in [3.05, 3.63) is 46.8 Å². The van der Waals surface area contributed by atoms with Gasteiger partial charge in [0.25, 0.3) is 0 Å². The van der Waals surface area contributed by atoms with Gasteiger partial charge in [-0.25, -0.2) is 4.39 Å². The molecule has 1 nitrogen and oxygen atoms in total. The minimum Gasteiger partial charge on any atom is -0.321 e. The number of rotatable bonds is 2. The van der Waals surface area contributed by atoms with Gasteiger partial charge >= 0.3 is 0 Å². The molecule has 1 atom stereocenters. The molecular weight excluding hydrogens is 177 g/mol. The van der Waals surface area contributed by atoms with Gasteiger partial charge < -0.3 is 5.73 Å². The Bertz CT molecular complexity index is 351. The molecule has 2 heteroatoms. The van der Waals surface area contributed by atoms with E-state index in [4.69, 9.17) is 5.73 Å². The van der Waals surface area contributed by atoms with Gasteiger partial charge in [0.05, 0.1) is 6.04 Å². The molecule has 1 unspecified atom stereocenters. The molecule has 0 radical (unpaired) electrons. The average molecular weight is 193 g/mol. The van der Waals surface area contributed by atoms with Crippen LogP contribution >= 0.6 is 0 Å². The fourth-order valence-corrected chi connectivity index (χ4v) is 1.38. The lowest BCUT2D eigenvalue weighted by Crippen LogP contribution is -2.10. The van der Waals surface area contributed by atoms with Crippen LogP contribution < -0.4 is 5.73 Å². The summed E-state index contributed by atoms with van der Waals surface area (Å²) >= 11 is 0. The van der Waals surface area contributed by atoms with Crippen molar-refractivity contribution in [2.45, 2.75) is 26.8 Å². The van der Waals surface area contributed by atoms with Gasteiger partial charge in [0.2, 0.25) is 0 Å². The summed E-state index contributed by atoms with van der Waals surface area (Å²) < 4.78 is 13.6. The molecule has 14 heavy (non-hydrogen) atoms. The highest BCUT2D eigenvalue weighted by atomic mass is 19.1. The molecule has 0 aliphatic heterocycles. The first-order valence-electron chi connectivity index (χ1n) is 4.68. The summed E-state index contributed by atoms with van der Waals surface area (Å²) in [6, 6.07) is 4.95. The molecule has 0 spiro atoms. The second-order valence-corrected chi connectivity index (χ2v) is 3.75. The Morgan fingerprint density at radius 3 is 2.64 bits per heavy atom. The minimum atomic E-state index is -0.347. The molecule has 0 fully saturated rings. The number of aryl methyl sites for hydroxylation is 1. The van der Waals surface area contributed by atoms with E-state index in [1.54, 1.807) is 19.1 Å². The summed E-state index contributed by atoms with van der Waals surface area (Å²) in [4.78, 5) is 0. The molecule has 2 N–H and O–H groups in total. The molecule has 0 bridgehead atoms. The van der Waals surface area contributed by atoms with Crippen molar-refractivity contribution in [2.75, 3.05) is 0 Å². The number of benzene rings is 1. The third-order valence-corrected chi connectivity index (χ3v) is 2.09. The van der Waals surface area contributed by atoms with Gasteiger partial charge in [-0.2, -0.15) is 0 Å². The van der Waals surface area contributed by atoms with Crippen molar-refractivity contribution in [3.8, 4) is 0 Å². The molecule has 0 aromatic heterocycles. The van der Waals surface area contributed by atoms with Crippen LogP contribution in [0.2, 0.25) is 0 Å². The van der Waals surface area contributed by atoms with E-state index < -0.39 is 0 Å². The van der Waals surface area contributed by atoms with Gasteiger partial charge in [0.15, 0.2) is 0 Å². The zero-order chi connectivity index (χ0) is 10.7. The maximum Gasteiger partial charge on any atom is 0.131 e. The summed E-state index contributed by atoms with van der Waals surface area (Å²) in [6.45, 7) is 5.65. The van der Waals surface area contributed by atoms with E-state index in [2.05, 4.69) is 0 Å². The number of hydrogen-bond donors (Lipinski definition) is 1. The van der Waals surface area contributed by atoms with E-state index >= 15 is 0 Å². The Balaban J connectivity index is 3.07. The summed E-state index contributed by atoms with van der Waals surface area (Å²) in [7, 11) is 0. The van der Waals surface area contributed by atoms with Crippen molar-refractivity contribution in [3.63, 3.8) is 0 Å². The zero-order valence-corrected chi connectivity index (χ0v) is 8.84. The lowest BCUT2D eigenvalue weighted by molar-refractivity contribution is 0.593. The van der Waals surface area contributed by atoms with E-state index in [9.17, 15) is 4.39 Å². The Kier molecular flexibility index (Phi) is 3.42. The van der Waals surface area contributed by atoms with E-state index in [0.717, 1.165) is 5.57 Å². The van der Waals surface area contributed by atoms with Crippen LogP contribution in [0.3, 0.4) is 0 Å². The quantitative estimate of drug-likeness (QED) is 0.717. The molecule has 1 aromatic carbocycles. The topological polar surface area (TPSA) is 26.0 Å². The van der Waals surface area contributed by atoms with E-state index in [-0.39, 0.29) is 11.9 Å². The molecule has 0 saturated heterocycles. The average Bonchev–Trinajstić information content (AvgIpc) is 2.08. The largest absolute Gasteiger partial charge is 0.321 e. The molecule has 0 aliphatic carbocycles.